The van der Waals surface area contributed by atoms with Crippen molar-refractivity contribution in [2.75, 3.05) is 5.32 Å². The van der Waals surface area contributed by atoms with E-state index in [1.54, 1.807) is 19.2 Å². The molecule has 0 unspecified atom stereocenters. The zero-order valence-electron chi connectivity index (χ0n) is 13.0. The smallest absolute Gasteiger partial charge is 0.329 e. The second kappa shape index (κ2) is 5.90. The molecule has 0 aliphatic carbocycles. The van der Waals surface area contributed by atoms with Gasteiger partial charge in [-0.05, 0) is 36.6 Å². The number of rotatable bonds is 3. The number of aryl methyl sites for hydroxylation is 1. The van der Waals surface area contributed by atoms with Gasteiger partial charge in [0.1, 0.15) is 5.82 Å². The van der Waals surface area contributed by atoms with Gasteiger partial charge in [-0.3, -0.25) is 14.3 Å². The lowest BCUT2D eigenvalue weighted by molar-refractivity contribution is 0.752. The Morgan fingerprint density at radius 3 is 2.55 bits per heavy atom. The number of hydrogen-bond donors (Lipinski definition) is 2. The van der Waals surface area contributed by atoms with E-state index in [-0.39, 0.29) is 5.92 Å². The third kappa shape index (κ3) is 2.93. The number of nitrogens with one attached hydrogen (secondary N) is 2. The summed E-state index contributed by atoms with van der Waals surface area (Å²) in [4.78, 5) is 26.2. The van der Waals surface area contributed by atoms with E-state index in [1.165, 1.54) is 4.57 Å². The van der Waals surface area contributed by atoms with Crippen molar-refractivity contribution in [3.05, 3.63) is 55.7 Å². The van der Waals surface area contributed by atoms with E-state index in [9.17, 15) is 9.59 Å². The van der Waals surface area contributed by atoms with Crippen LogP contribution in [0.3, 0.4) is 0 Å². The van der Waals surface area contributed by atoms with Crippen LogP contribution in [0.15, 0.2) is 27.8 Å². The van der Waals surface area contributed by atoms with Crippen molar-refractivity contribution in [2.24, 2.45) is 7.05 Å². The topological polar surface area (TPSA) is 90.7 Å². The van der Waals surface area contributed by atoms with Crippen molar-refractivity contribution in [2.45, 2.75) is 26.7 Å². The molecule has 0 saturated carbocycles. The fraction of sp³-hybridized carbons (Fsp3) is 0.312. The fourth-order valence-electron chi connectivity index (χ4n) is 2.38. The van der Waals surface area contributed by atoms with Gasteiger partial charge in [0.25, 0.3) is 5.56 Å². The van der Waals surface area contributed by atoms with E-state index < -0.39 is 11.2 Å². The lowest BCUT2D eigenvalue weighted by Gasteiger charge is -2.17. The predicted molar refractivity (Wildman–Crippen MR) is 85.6 cm³/mol. The van der Waals surface area contributed by atoms with Crippen molar-refractivity contribution in [1.29, 1.82) is 5.26 Å². The average molecular weight is 298 g/mol. The van der Waals surface area contributed by atoms with E-state index in [4.69, 9.17) is 5.26 Å². The third-order valence-corrected chi connectivity index (χ3v) is 3.41. The van der Waals surface area contributed by atoms with Gasteiger partial charge in [0.2, 0.25) is 0 Å². The van der Waals surface area contributed by atoms with E-state index in [1.807, 2.05) is 26.8 Å². The molecule has 0 atom stereocenters. The molecule has 6 heteroatoms. The molecule has 0 aliphatic heterocycles. The average Bonchev–Trinajstić information content (AvgIpc) is 2.43. The fourth-order valence-corrected chi connectivity index (χ4v) is 2.38. The lowest BCUT2D eigenvalue weighted by atomic mass is 10.1. The Balaban J connectivity index is 2.64. The quantitative estimate of drug-likeness (QED) is 0.908. The Morgan fingerprint density at radius 2 is 1.95 bits per heavy atom. The lowest BCUT2D eigenvalue weighted by Crippen LogP contribution is -2.33. The first-order chi connectivity index (χ1) is 10.3. The molecule has 114 valence electrons. The molecule has 0 amide bonds. The van der Waals surface area contributed by atoms with Crippen molar-refractivity contribution in [3.63, 3.8) is 0 Å². The molecule has 0 fully saturated rings. The highest BCUT2D eigenvalue weighted by molar-refractivity contribution is 5.62. The number of nitriles is 1. The van der Waals surface area contributed by atoms with Gasteiger partial charge >= 0.3 is 5.69 Å². The SMILES string of the molecule is Cc1cc(C#N)cc(Nc2c(C(C)C)c(=O)[nH]c(=O)n2C)c1. The molecule has 0 saturated heterocycles. The molecule has 0 aliphatic rings. The molecule has 6 nitrogen and oxygen atoms in total. The van der Waals surface area contributed by atoms with Crippen LogP contribution < -0.4 is 16.6 Å². The summed E-state index contributed by atoms with van der Waals surface area (Å²) in [6, 6.07) is 7.40. The Bertz CT molecular complexity index is 869. The zero-order valence-corrected chi connectivity index (χ0v) is 13.0. The van der Waals surface area contributed by atoms with Crippen LogP contribution in [0.2, 0.25) is 0 Å². The highest BCUT2D eigenvalue weighted by atomic mass is 16.2. The van der Waals surface area contributed by atoms with Crippen molar-refractivity contribution in [3.8, 4) is 6.07 Å². The number of anilines is 2. The number of aromatic nitrogens is 2. The summed E-state index contributed by atoms with van der Waals surface area (Å²) in [5.41, 5.74) is 1.73. The van der Waals surface area contributed by atoms with Crippen molar-refractivity contribution >= 4 is 11.5 Å². The molecule has 0 bridgehead atoms. The van der Waals surface area contributed by atoms with Gasteiger partial charge in [0.05, 0.1) is 17.2 Å². The van der Waals surface area contributed by atoms with Gasteiger partial charge in [-0.2, -0.15) is 5.26 Å². The van der Waals surface area contributed by atoms with Gasteiger partial charge in [0, 0.05) is 12.7 Å². The molecule has 1 aromatic heterocycles. The summed E-state index contributed by atoms with van der Waals surface area (Å²) >= 11 is 0. The molecule has 0 spiro atoms. The Kier molecular flexibility index (Phi) is 4.18. The number of nitrogens with zero attached hydrogens (tertiary/aromatic N) is 2. The molecular weight excluding hydrogens is 280 g/mol. The highest BCUT2D eigenvalue weighted by Gasteiger charge is 2.16. The van der Waals surface area contributed by atoms with Crippen LogP contribution in [0.25, 0.3) is 0 Å². The highest BCUT2D eigenvalue weighted by Crippen LogP contribution is 2.24. The van der Waals surface area contributed by atoms with Crippen LogP contribution in [0, 0.1) is 18.3 Å². The summed E-state index contributed by atoms with van der Waals surface area (Å²) in [7, 11) is 1.59. The predicted octanol–water partition coefficient (Wildman–Crippen LogP) is 2.12. The number of H-pyrrole nitrogens is 1. The van der Waals surface area contributed by atoms with Crippen molar-refractivity contribution < 1.29 is 0 Å². The molecule has 0 radical (unpaired) electrons. The maximum absolute atomic E-state index is 12.1. The Morgan fingerprint density at radius 1 is 1.27 bits per heavy atom. The molecule has 2 rings (SSSR count). The second-order valence-electron chi connectivity index (χ2n) is 5.56. The van der Waals surface area contributed by atoms with E-state index >= 15 is 0 Å². The van der Waals surface area contributed by atoms with Crippen LogP contribution >= 0.6 is 0 Å². The van der Waals surface area contributed by atoms with Gasteiger partial charge in [-0.1, -0.05) is 13.8 Å². The van der Waals surface area contributed by atoms with E-state index in [0.717, 1.165) is 5.56 Å². The normalized spacial score (nSPS) is 10.5. The standard InChI is InChI=1S/C16H18N4O2/c1-9(2)13-14(20(4)16(22)19-15(13)21)18-12-6-10(3)5-11(7-12)8-17/h5-7,9,18H,1-4H3,(H,19,21,22). The zero-order chi connectivity index (χ0) is 16.4. The van der Waals surface area contributed by atoms with Gasteiger partial charge in [-0.15, -0.1) is 0 Å². The molecule has 2 aromatic rings. The van der Waals surface area contributed by atoms with Gasteiger partial charge in [-0.25, -0.2) is 4.79 Å². The van der Waals surface area contributed by atoms with Crippen LogP contribution in [0.4, 0.5) is 11.5 Å². The molecule has 1 aromatic carbocycles. The van der Waals surface area contributed by atoms with Crippen LogP contribution in [0.5, 0.6) is 0 Å². The number of aromatic amines is 1. The van der Waals surface area contributed by atoms with Crippen LogP contribution in [-0.2, 0) is 7.05 Å². The summed E-state index contributed by atoms with van der Waals surface area (Å²) in [5.74, 6) is 0.386. The van der Waals surface area contributed by atoms with Gasteiger partial charge < -0.3 is 5.32 Å². The minimum Gasteiger partial charge on any atom is -0.341 e. The summed E-state index contributed by atoms with van der Waals surface area (Å²) in [5, 5.41) is 12.2. The maximum Gasteiger partial charge on any atom is 0.329 e. The first-order valence-corrected chi connectivity index (χ1v) is 6.95. The molecule has 2 N–H and O–H groups in total. The Labute approximate surface area is 128 Å². The molecular formula is C16H18N4O2. The van der Waals surface area contributed by atoms with Crippen molar-refractivity contribution in [1.82, 2.24) is 9.55 Å². The minimum absolute atomic E-state index is 0.0571. The van der Waals surface area contributed by atoms with Crippen LogP contribution in [-0.4, -0.2) is 9.55 Å². The van der Waals surface area contributed by atoms with Gasteiger partial charge in [0.15, 0.2) is 0 Å². The van der Waals surface area contributed by atoms with Crippen LogP contribution in [0.1, 0.15) is 36.5 Å². The van der Waals surface area contributed by atoms with E-state index in [2.05, 4.69) is 16.4 Å². The number of benzene rings is 1. The first-order valence-electron chi connectivity index (χ1n) is 6.95. The molecule has 22 heavy (non-hydrogen) atoms. The summed E-state index contributed by atoms with van der Waals surface area (Å²) in [6.45, 7) is 5.65. The Hall–Kier alpha value is -2.81. The first kappa shape index (κ1) is 15.6. The monoisotopic (exact) mass is 298 g/mol. The summed E-state index contributed by atoms with van der Waals surface area (Å²) in [6.07, 6.45) is 0. The minimum atomic E-state index is -0.481. The third-order valence-electron chi connectivity index (χ3n) is 3.41. The summed E-state index contributed by atoms with van der Waals surface area (Å²) < 4.78 is 1.37. The van der Waals surface area contributed by atoms with E-state index in [0.29, 0.717) is 22.6 Å². The largest absolute Gasteiger partial charge is 0.341 e. The molecule has 1 heterocycles. The maximum atomic E-state index is 12.1. The number of hydrogen-bond acceptors (Lipinski definition) is 4. The second-order valence-corrected chi connectivity index (χ2v) is 5.56.